The van der Waals surface area contributed by atoms with Crippen LogP contribution in [0.5, 0.6) is 0 Å². The van der Waals surface area contributed by atoms with Gasteiger partial charge in [-0.05, 0) is 24.7 Å². The van der Waals surface area contributed by atoms with E-state index in [4.69, 9.17) is 16.7 Å². The lowest BCUT2D eigenvalue weighted by Crippen LogP contribution is -2.46. The maximum Gasteiger partial charge on any atom is 0.0942 e. The second kappa shape index (κ2) is 7.84. The molecule has 0 radical (unpaired) electrons. The highest BCUT2D eigenvalue weighted by atomic mass is 35.5. The molecule has 1 saturated heterocycles. The van der Waals surface area contributed by atoms with E-state index >= 15 is 0 Å². The fourth-order valence-corrected chi connectivity index (χ4v) is 2.78. The third-order valence-corrected chi connectivity index (χ3v) is 4.16. The topological polar surface area (TPSA) is 59.0 Å². The van der Waals surface area contributed by atoms with E-state index in [1.807, 2.05) is 18.2 Å². The zero-order chi connectivity index (χ0) is 15.2. The summed E-state index contributed by atoms with van der Waals surface area (Å²) in [7, 11) is 0. The highest BCUT2D eigenvalue weighted by Gasteiger charge is 2.17. The molecule has 1 unspecified atom stereocenters. The Balaban J connectivity index is 1.96. The summed E-state index contributed by atoms with van der Waals surface area (Å²) in [6.45, 7) is 7.45. The Morgan fingerprint density at radius 3 is 2.57 bits per heavy atom. The number of nitrogens with one attached hydrogen (secondary N) is 1. The summed E-state index contributed by atoms with van der Waals surface area (Å²) in [6, 6.07) is 5.84. The van der Waals surface area contributed by atoms with Gasteiger partial charge in [-0.1, -0.05) is 18.5 Å². The summed E-state index contributed by atoms with van der Waals surface area (Å²) in [5.74, 6) is 0. The van der Waals surface area contributed by atoms with Gasteiger partial charge in [-0.2, -0.15) is 0 Å². The molecule has 0 bridgehead atoms. The van der Waals surface area contributed by atoms with Crippen LogP contribution in [0.25, 0.3) is 0 Å². The zero-order valence-electron chi connectivity index (χ0n) is 12.4. The maximum absolute atomic E-state index is 9.34. The predicted octanol–water partition coefficient (Wildman–Crippen LogP) is 1.25. The lowest BCUT2D eigenvalue weighted by Gasteiger charge is -2.36. The van der Waals surface area contributed by atoms with E-state index in [0.717, 1.165) is 44.1 Å². The van der Waals surface area contributed by atoms with Crippen LogP contribution in [0.1, 0.15) is 6.92 Å². The number of rotatable bonds is 6. The molecule has 1 atom stereocenters. The van der Waals surface area contributed by atoms with E-state index in [1.54, 1.807) is 0 Å². The summed E-state index contributed by atoms with van der Waals surface area (Å²) in [5, 5.41) is 21.9. The first-order valence-electron chi connectivity index (χ1n) is 7.43. The summed E-state index contributed by atoms with van der Waals surface area (Å²) >= 11 is 6.38. The number of aliphatic hydroxyl groups excluding tert-OH is 2. The van der Waals surface area contributed by atoms with Crippen molar-refractivity contribution >= 4 is 23.0 Å². The monoisotopic (exact) mass is 313 g/mol. The molecule has 0 spiro atoms. The number of piperazine rings is 1. The number of likely N-dealkylation sites (N-methyl/N-ethyl adjacent to an activating group) is 1. The fourth-order valence-electron chi connectivity index (χ4n) is 2.48. The lowest BCUT2D eigenvalue weighted by atomic mass is 10.2. The van der Waals surface area contributed by atoms with Crippen LogP contribution in [0.2, 0.25) is 5.02 Å². The molecule has 1 aromatic carbocycles. The van der Waals surface area contributed by atoms with E-state index in [0.29, 0.717) is 11.6 Å². The van der Waals surface area contributed by atoms with Gasteiger partial charge in [0.2, 0.25) is 0 Å². The third-order valence-electron chi connectivity index (χ3n) is 3.86. The molecule has 1 aromatic rings. The van der Waals surface area contributed by atoms with Crippen LogP contribution in [-0.4, -0.2) is 67.1 Å². The first-order chi connectivity index (χ1) is 10.1. The number of hydrogen-bond donors (Lipinski definition) is 3. The van der Waals surface area contributed by atoms with Crippen molar-refractivity contribution in [1.29, 1.82) is 0 Å². The summed E-state index contributed by atoms with van der Waals surface area (Å²) < 4.78 is 0. The molecular formula is C15H24ClN3O2. The van der Waals surface area contributed by atoms with E-state index in [2.05, 4.69) is 22.0 Å². The Morgan fingerprint density at radius 2 is 2.00 bits per heavy atom. The Hall–Kier alpha value is -1.01. The largest absolute Gasteiger partial charge is 0.394 e. The molecule has 2 rings (SSSR count). The van der Waals surface area contributed by atoms with E-state index in [-0.39, 0.29) is 6.61 Å². The van der Waals surface area contributed by atoms with Crippen molar-refractivity contribution < 1.29 is 10.2 Å². The number of nitrogens with zero attached hydrogens (tertiary/aromatic N) is 2. The van der Waals surface area contributed by atoms with Crippen molar-refractivity contribution in [3.05, 3.63) is 23.2 Å². The molecule has 0 aromatic heterocycles. The molecule has 1 aliphatic heterocycles. The molecule has 3 N–H and O–H groups in total. The van der Waals surface area contributed by atoms with Crippen LogP contribution in [0.15, 0.2) is 18.2 Å². The van der Waals surface area contributed by atoms with Crippen LogP contribution in [0.4, 0.5) is 11.4 Å². The highest BCUT2D eigenvalue weighted by molar-refractivity contribution is 6.33. The van der Waals surface area contributed by atoms with Gasteiger partial charge >= 0.3 is 0 Å². The van der Waals surface area contributed by atoms with E-state index in [9.17, 15) is 5.11 Å². The van der Waals surface area contributed by atoms with Crippen molar-refractivity contribution in [2.45, 2.75) is 13.0 Å². The van der Waals surface area contributed by atoms with Gasteiger partial charge in [0.25, 0.3) is 0 Å². The molecule has 0 saturated carbocycles. The Bertz CT molecular complexity index is 451. The Kier molecular flexibility index (Phi) is 6.11. The number of halogens is 1. The average molecular weight is 314 g/mol. The predicted molar refractivity (Wildman–Crippen MR) is 87.4 cm³/mol. The van der Waals surface area contributed by atoms with Gasteiger partial charge in [0.15, 0.2) is 0 Å². The Morgan fingerprint density at radius 1 is 1.29 bits per heavy atom. The van der Waals surface area contributed by atoms with Crippen molar-refractivity contribution in [2.24, 2.45) is 0 Å². The first-order valence-corrected chi connectivity index (χ1v) is 7.81. The van der Waals surface area contributed by atoms with Crippen LogP contribution < -0.4 is 10.2 Å². The van der Waals surface area contributed by atoms with Gasteiger partial charge in [-0.3, -0.25) is 0 Å². The van der Waals surface area contributed by atoms with Gasteiger partial charge in [-0.15, -0.1) is 0 Å². The number of benzene rings is 1. The highest BCUT2D eigenvalue weighted by Crippen LogP contribution is 2.29. The molecule has 0 aliphatic carbocycles. The van der Waals surface area contributed by atoms with Gasteiger partial charge in [-0.25, -0.2) is 0 Å². The van der Waals surface area contributed by atoms with Crippen molar-refractivity contribution in [3.63, 3.8) is 0 Å². The molecule has 1 aliphatic rings. The maximum atomic E-state index is 9.34. The van der Waals surface area contributed by atoms with Crippen molar-refractivity contribution in [2.75, 3.05) is 56.1 Å². The molecule has 6 heteroatoms. The smallest absolute Gasteiger partial charge is 0.0942 e. The first kappa shape index (κ1) is 16.4. The summed E-state index contributed by atoms with van der Waals surface area (Å²) in [4.78, 5) is 4.73. The summed E-state index contributed by atoms with van der Waals surface area (Å²) in [6.07, 6.45) is -0.759. The fraction of sp³-hybridized carbons (Fsp3) is 0.600. The van der Waals surface area contributed by atoms with E-state index in [1.165, 1.54) is 0 Å². The van der Waals surface area contributed by atoms with Crippen LogP contribution >= 0.6 is 11.6 Å². The number of hydrogen-bond acceptors (Lipinski definition) is 5. The van der Waals surface area contributed by atoms with Crippen LogP contribution in [0, 0.1) is 0 Å². The van der Waals surface area contributed by atoms with Gasteiger partial charge in [0.05, 0.1) is 23.4 Å². The standard InChI is InChI=1S/C15H24ClN3O2/c1-2-18-5-7-19(8-6-18)15-4-3-12(9-14(15)16)17-10-13(21)11-20/h3-4,9,13,17,20-21H,2,5-8,10-11H2,1H3. The van der Waals surface area contributed by atoms with Gasteiger partial charge in [0.1, 0.15) is 0 Å². The summed E-state index contributed by atoms with van der Waals surface area (Å²) in [5.41, 5.74) is 1.91. The SMILES string of the molecule is CCN1CCN(c2ccc(NCC(O)CO)cc2Cl)CC1. The van der Waals surface area contributed by atoms with E-state index < -0.39 is 6.10 Å². The lowest BCUT2D eigenvalue weighted by molar-refractivity contribution is 0.105. The molecule has 5 nitrogen and oxygen atoms in total. The second-order valence-corrected chi connectivity index (χ2v) is 5.71. The van der Waals surface area contributed by atoms with Crippen molar-refractivity contribution in [1.82, 2.24) is 4.90 Å². The molecular weight excluding hydrogens is 290 g/mol. The molecule has 118 valence electrons. The van der Waals surface area contributed by atoms with Crippen molar-refractivity contribution in [3.8, 4) is 0 Å². The zero-order valence-corrected chi connectivity index (χ0v) is 13.2. The molecule has 1 fully saturated rings. The molecule has 0 amide bonds. The van der Waals surface area contributed by atoms with Crippen LogP contribution in [-0.2, 0) is 0 Å². The molecule has 21 heavy (non-hydrogen) atoms. The minimum absolute atomic E-state index is 0.249. The number of aliphatic hydroxyl groups is 2. The number of anilines is 2. The van der Waals surface area contributed by atoms with Gasteiger partial charge < -0.3 is 25.3 Å². The minimum atomic E-state index is -0.759. The van der Waals surface area contributed by atoms with Crippen LogP contribution in [0.3, 0.4) is 0 Å². The Labute approximate surface area is 131 Å². The molecule has 1 heterocycles. The third kappa shape index (κ3) is 4.48. The minimum Gasteiger partial charge on any atom is -0.394 e. The van der Waals surface area contributed by atoms with Gasteiger partial charge in [0, 0.05) is 38.4 Å². The quantitative estimate of drug-likeness (QED) is 0.738. The average Bonchev–Trinajstić information content (AvgIpc) is 2.53. The second-order valence-electron chi connectivity index (χ2n) is 5.30. The normalized spacial score (nSPS) is 17.8.